The van der Waals surface area contributed by atoms with Gasteiger partial charge >= 0.3 is 5.97 Å². The maximum atomic E-state index is 11.3. The molecule has 1 aliphatic heterocycles. The summed E-state index contributed by atoms with van der Waals surface area (Å²) in [6.45, 7) is 1.45. The maximum Gasteiger partial charge on any atom is 0.336 e. The second-order valence-corrected chi connectivity index (χ2v) is 5.16. The Morgan fingerprint density at radius 3 is 2.90 bits per heavy atom. The SMILES string of the molecule is N#CCc1cc2nn(C3CCOCC3)cc2cc1C(=O)O. The van der Waals surface area contributed by atoms with Gasteiger partial charge < -0.3 is 9.84 Å². The van der Waals surface area contributed by atoms with E-state index in [1.165, 1.54) is 0 Å². The molecule has 0 amide bonds. The molecule has 0 aliphatic carbocycles. The van der Waals surface area contributed by atoms with Gasteiger partial charge in [0, 0.05) is 24.8 Å². The van der Waals surface area contributed by atoms with Crippen molar-refractivity contribution < 1.29 is 14.6 Å². The Morgan fingerprint density at radius 1 is 1.48 bits per heavy atom. The first kappa shape index (κ1) is 13.6. The summed E-state index contributed by atoms with van der Waals surface area (Å²) in [5.74, 6) is -1.01. The lowest BCUT2D eigenvalue weighted by molar-refractivity contribution is 0.0664. The van der Waals surface area contributed by atoms with Gasteiger partial charge in [-0.1, -0.05) is 0 Å². The van der Waals surface area contributed by atoms with Crippen LogP contribution in [-0.4, -0.2) is 34.1 Å². The van der Waals surface area contributed by atoms with Crippen LogP contribution in [0.15, 0.2) is 18.3 Å². The highest BCUT2D eigenvalue weighted by atomic mass is 16.5. The van der Waals surface area contributed by atoms with Crippen molar-refractivity contribution in [1.82, 2.24) is 9.78 Å². The lowest BCUT2D eigenvalue weighted by atomic mass is 10.0. The van der Waals surface area contributed by atoms with Crippen LogP contribution in [0.3, 0.4) is 0 Å². The van der Waals surface area contributed by atoms with Crippen LogP contribution < -0.4 is 0 Å². The van der Waals surface area contributed by atoms with Gasteiger partial charge in [0.25, 0.3) is 0 Å². The number of carboxylic acids is 1. The minimum atomic E-state index is -1.01. The molecule has 0 unspecified atom stereocenters. The molecule has 0 bridgehead atoms. The summed E-state index contributed by atoms with van der Waals surface area (Å²) < 4.78 is 7.24. The molecule has 0 spiro atoms. The second-order valence-electron chi connectivity index (χ2n) is 5.16. The quantitative estimate of drug-likeness (QED) is 0.933. The third-order valence-electron chi connectivity index (χ3n) is 3.81. The Morgan fingerprint density at radius 2 is 2.24 bits per heavy atom. The van der Waals surface area contributed by atoms with Crippen LogP contribution in [0.1, 0.15) is 34.8 Å². The number of aromatic nitrogens is 2. The van der Waals surface area contributed by atoms with E-state index in [0.717, 1.165) is 37.0 Å². The zero-order valence-electron chi connectivity index (χ0n) is 11.5. The molecule has 6 heteroatoms. The van der Waals surface area contributed by atoms with Crippen molar-refractivity contribution in [2.75, 3.05) is 13.2 Å². The van der Waals surface area contributed by atoms with E-state index in [0.29, 0.717) is 11.6 Å². The fourth-order valence-corrected chi connectivity index (χ4v) is 2.70. The summed E-state index contributed by atoms with van der Waals surface area (Å²) in [5.41, 5.74) is 1.42. The van der Waals surface area contributed by atoms with Gasteiger partial charge in [0.05, 0.1) is 29.6 Å². The van der Waals surface area contributed by atoms with Crippen molar-refractivity contribution in [3.63, 3.8) is 0 Å². The van der Waals surface area contributed by atoms with Crippen molar-refractivity contribution in [3.8, 4) is 6.07 Å². The number of carboxylic acid groups (broad SMARTS) is 1. The topological polar surface area (TPSA) is 88.1 Å². The normalized spacial score (nSPS) is 16.0. The molecule has 0 atom stereocenters. The Hall–Kier alpha value is -2.39. The molecule has 1 aliphatic rings. The number of ether oxygens (including phenoxy) is 1. The predicted octanol–water partition coefficient (Wildman–Crippen LogP) is 2.15. The van der Waals surface area contributed by atoms with E-state index in [1.54, 1.807) is 12.1 Å². The minimum Gasteiger partial charge on any atom is -0.478 e. The van der Waals surface area contributed by atoms with Crippen LogP contribution in [0.2, 0.25) is 0 Å². The van der Waals surface area contributed by atoms with Crippen molar-refractivity contribution in [1.29, 1.82) is 5.26 Å². The van der Waals surface area contributed by atoms with Gasteiger partial charge in [-0.25, -0.2) is 4.79 Å². The highest BCUT2D eigenvalue weighted by molar-refractivity contribution is 5.95. The second kappa shape index (κ2) is 5.54. The summed E-state index contributed by atoms with van der Waals surface area (Å²) in [4.78, 5) is 11.3. The zero-order chi connectivity index (χ0) is 14.8. The van der Waals surface area contributed by atoms with Crippen LogP contribution in [0.5, 0.6) is 0 Å². The molecule has 2 aromatic rings. The third kappa shape index (κ3) is 2.60. The molecule has 108 valence electrons. The number of benzene rings is 1. The largest absolute Gasteiger partial charge is 0.478 e. The number of rotatable bonds is 3. The van der Waals surface area contributed by atoms with Gasteiger partial charge in [-0.15, -0.1) is 0 Å². The number of nitrogens with zero attached hydrogens (tertiary/aromatic N) is 3. The molecular formula is C15H15N3O3. The molecule has 0 radical (unpaired) electrons. The van der Waals surface area contributed by atoms with Gasteiger partial charge in [0.15, 0.2) is 0 Å². The molecule has 1 N–H and O–H groups in total. The fraction of sp³-hybridized carbons (Fsp3) is 0.400. The van der Waals surface area contributed by atoms with Gasteiger partial charge in [0.2, 0.25) is 0 Å². The minimum absolute atomic E-state index is 0.0711. The molecule has 0 saturated carbocycles. The highest BCUT2D eigenvalue weighted by Crippen LogP contribution is 2.25. The average Bonchev–Trinajstić information content (AvgIpc) is 2.90. The number of nitriles is 1. The van der Waals surface area contributed by atoms with E-state index >= 15 is 0 Å². The molecule has 1 aromatic carbocycles. The summed E-state index contributed by atoms with van der Waals surface area (Å²) >= 11 is 0. The number of carbonyl (C=O) groups is 1. The van der Waals surface area contributed by atoms with Crippen molar-refractivity contribution in [2.45, 2.75) is 25.3 Å². The summed E-state index contributed by atoms with van der Waals surface area (Å²) in [6.07, 6.45) is 3.77. The lowest BCUT2D eigenvalue weighted by Gasteiger charge is -2.22. The summed E-state index contributed by atoms with van der Waals surface area (Å²) in [5, 5.41) is 23.4. The smallest absolute Gasteiger partial charge is 0.336 e. The van der Waals surface area contributed by atoms with Gasteiger partial charge in [-0.3, -0.25) is 4.68 Å². The van der Waals surface area contributed by atoms with Crippen molar-refractivity contribution in [2.24, 2.45) is 0 Å². The molecular weight excluding hydrogens is 270 g/mol. The predicted molar refractivity (Wildman–Crippen MR) is 75.1 cm³/mol. The Balaban J connectivity index is 2.04. The van der Waals surface area contributed by atoms with E-state index < -0.39 is 5.97 Å². The first-order valence-corrected chi connectivity index (χ1v) is 6.89. The number of fused-ring (bicyclic) bond motifs is 1. The summed E-state index contributed by atoms with van der Waals surface area (Å²) in [6, 6.07) is 5.60. The van der Waals surface area contributed by atoms with E-state index in [2.05, 4.69) is 5.10 Å². The van der Waals surface area contributed by atoms with Gasteiger partial charge in [-0.2, -0.15) is 10.4 Å². The van der Waals surface area contributed by atoms with E-state index in [-0.39, 0.29) is 12.0 Å². The monoisotopic (exact) mass is 285 g/mol. The summed E-state index contributed by atoms with van der Waals surface area (Å²) in [7, 11) is 0. The zero-order valence-corrected chi connectivity index (χ0v) is 11.5. The Bertz CT molecular complexity index is 724. The Kier molecular flexibility index (Phi) is 3.59. The van der Waals surface area contributed by atoms with Crippen molar-refractivity contribution in [3.05, 3.63) is 29.5 Å². The molecule has 2 heterocycles. The van der Waals surface area contributed by atoms with Gasteiger partial charge in [0.1, 0.15) is 0 Å². The highest BCUT2D eigenvalue weighted by Gasteiger charge is 2.18. The molecule has 6 nitrogen and oxygen atoms in total. The Labute approximate surface area is 121 Å². The van der Waals surface area contributed by atoms with Crippen LogP contribution in [0.4, 0.5) is 0 Å². The van der Waals surface area contributed by atoms with Crippen LogP contribution in [-0.2, 0) is 11.2 Å². The molecule has 21 heavy (non-hydrogen) atoms. The number of hydrogen-bond donors (Lipinski definition) is 1. The first-order valence-electron chi connectivity index (χ1n) is 6.89. The van der Waals surface area contributed by atoms with Crippen LogP contribution >= 0.6 is 0 Å². The maximum absolute atomic E-state index is 11.3. The first-order chi connectivity index (χ1) is 10.2. The standard InChI is InChI=1S/C15H15N3O3/c16-4-1-10-8-14-11(7-13(10)15(19)20)9-18(17-14)12-2-5-21-6-3-12/h7-9,12H,1-3,5-6H2,(H,19,20). The molecule has 1 fully saturated rings. The van der Waals surface area contributed by atoms with E-state index in [1.807, 2.05) is 16.9 Å². The van der Waals surface area contributed by atoms with Crippen LogP contribution in [0, 0.1) is 11.3 Å². The van der Waals surface area contributed by atoms with Gasteiger partial charge in [-0.05, 0) is 30.5 Å². The molecule has 3 rings (SSSR count). The van der Waals surface area contributed by atoms with Crippen molar-refractivity contribution >= 4 is 16.9 Å². The van der Waals surface area contributed by atoms with Crippen LogP contribution in [0.25, 0.3) is 10.9 Å². The fourth-order valence-electron chi connectivity index (χ4n) is 2.70. The molecule has 1 saturated heterocycles. The third-order valence-corrected chi connectivity index (χ3v) is 3.81. The van der Waals surface area contributed by atoms with E-state index in [4.69, 9.17) is 10.00 Å². The van der Waals surface area contributed by atoms with E-state index in [9.17, 15) is 9.90 Å². The number of aromatic carboxylic acids is 1. The number of hydrogen-bond acceptors (Lipinski definition) is 4. The lowest BCUT2D eigenvalue weighted by Crippen LogP contribution is -2.19. The average molecular weight is 285 g/mol. The molecule has 1 aromatic heterocycles.